The smallest absolute Gasteiger partial charge is 0.274 e. The largest absolute Gasteiger partial charge is 0.416 e. The quantitative estimate of drug-likeness (QED) is 0.709. The van der Waals surface area contributed by atoms with Crippen LogP contribution < -0.4 is 4.72 Å². The standard InChI is InChI=1S/C15H15F3N6O2S/c1-10-13(8-23(2)20-10)27(25,26)22-14-19-9-24(21-14)7-11-4-3-5-12(6-11)15(16,17)18/h3-6,8-9H,7H2,1-2H3,(H,21,22). The molecule has 1 N–H and O–H groups in total. The fourth-order valence-corrected chi connectivity index (χ4v) is 3.63. The van der Waals surface area contributed by atoms with Crippen LogP contribution in [0.15, 0.2) is 41.7 Å². The number of benzene rings is 1. The van der Waals surface area contributed by atoms with Gasteiger partial charge in [0.1, 0.15) is 11.2 Å². The highest BCUT2D eigenvalue weighted by atomic mass is 32.2. The van der Waals surface area contributed by atoms with Gasteiger partial charge in [0.25, 0.3) is 16.0 Å². The van der Waals surface area contributed by atoms with Gasteiger partial charge in [-0.05, 0) is 24.6 Å². The summed E-state index contributed by atoms with van der Waals surface area (Å²) >= 11 is 0. The SMILES string of the molecule is Cc1nn(C)cc1S(=O)(=O)Nc1ncn(Cc2cccc(C(F)(F)F)c2)n1. The Labute approximate surface area is 152 Å². The van der Waals surface area contributed by atoms with E-state index in [2.05, 4.69) is 19.9 Å². The molecule has 0 unspecified atom stereocenters. The Balaban J connectivity index is 1.77. The van der Waals surface area contributed by atoms with Crippen LogP contribution in [-0.2, 0) is 29.8 Å². The number of sulfonamides is 1. The molecule has 0 amide bonds. The highest BCUT2D eigenvalue weighted by Crippen LogP contribution is 2.29. The van der Waals surface area contributed by atoms with Crippen molar-refractivity contribution in [3.05, 3.63) is 53.6 Å². The lowest BCUT2D eigenvalue weighted by Crippen LogP contribution is -2.15. The summed E-state index contributed by atoms with van der Waals surface area (Å²) in [6, 6.07) is 4.79. The molecule has 0 atom stereocenters. The third-order valence-electron chi connectivity index (χ3n) is 3.62. The predicted molar refractivity (Wildman–Crippen MR) is 89.3 cm³/mol. The number of aromatic nitrogens is 5. The zero-order chi connectivity index (χ0) is 19.8. The van der Waals surface area contributed by atoms with Crippen LogP contribution in [0.2, 0.25) is 0 Å². The summed E-state index contributed by atoms with van der Waals surface area (Å²) in [6.45, 7) is 1.55. The van der Waals surface area contributed by atoms with E-state index in [9.17, 15) is 21.6 Å². The van der Waals surface area contributed by atoms with Crippen molar-refractivity contribution in [2.24, 2.45) is 7.05 Å². The minimum Gasteiger partial charge on any atom is -0.274 e. The third-order valence-corrected chi connectivity index (χ3v) is 5.05. The first-order valence-electron chi connectivity index (χ1n) is 7.63. The molecule has 27 heavy (non-hydrogen) atoms. The minimum absolute atomic E-state index is 0.00453. The number of halogens is 3. The van der Waals surface area contributed by atoms with E-state index in [1.807, 2.05) is 0 Å². The Morgan fingerprint density at radius 1 is 1.22 bits per heavy atom. The van der Waals surface area contributed by atoms with Crippen LogP contribution in [0.1, 0.15) is 16.8 Å². The molecule has 0 fully saturated rings. The van der Waals surface area contributed by atoms with Gasteiger partial charge in [0.05, 0.1) is 17.8 Å². The lowest BCUT2D eigenvalue weighted by Gasteiger charge is -2.08. The molecule has 0 aliphatic carbocycles. The maximum atomic E-state index is 12.8. The monoisotopic (exact) mass is 400 g/mol. The Morgan fingerprint density at radius 2 is 1.96 bits per heavy atom. The number of nitrogens with zero attached hydrogens (tertiary/aromatic N) is 5. The molecule has 0 saturated heterocycles. The van der Waals surface area contributed by atoms with Gasteiger partial charge in [0, 0.05) is 13.2 Å². The van der Waals surface area contributed by atoms with E-state index in [1.54, 1.807) is 14.0 Å². The van der Waals surface area contributed by atoms with Crippen LogP contribution in [0.4, 0.5) is 19.1 Å². The molecule has 2 heterocycles. The molecule has 1 aromatic carbocycles. The summed E-state index contributed by atoms with van der Waals surface area (Å²) < 4.78 is 67.9. The van der Waals surface area contributed by atoms with Crippen LogP contribution in [0.5, 0.6) is 0 Å². The molecule has 0 bridgehead atoms. The van der Waals surface area contributed by atoms with Gasteiger partial charge in [0.15, 0.2) is 0 Å². The third kappa shape index (κ3) is 4.27. The summed E-state index contributed by atoms with van der Waals surface area (Å²) in [7, 11) is -2.34. The van der Waals surface area contributed by atoms with Gasteiger partial charge in [-0.3, -0.25) is 4.68 Å². The molecular formula is C15H15F3N6O2S. The lowest BCUT2D eigenvalue weighted by molar-refractivity contribution is -0.137. The number of anilines is 1. The van der Waals surface area contributed by atoms with Gasteiger partial charge in [-0.25, -0.2) is 17.8 Å². The first kappa shape index (κ1) is 18.9. The van der Waals surface area contributed by atoms with Gasteiger partial charge in [-0.1, -0.05) is 12.1 Å². The van der Waals surface area contributed by atoms with Gasteiger partial charge in [-0.15, -0.1) is 5.10 Å². The Morgan fingerprint density at radius 3 is 2.59 bits per heavy atom. The molecule has 0 radical (unpaired) electrons. The van der Waals surface area contributed by atoms with E-state index in [-0.39, 0.29) is 17.4 Å². The van der Waals surface area contributed by atoms with Crippen molar-refractivity contribution in [2.75, 3.05) is 4.72 Å². The van der Waals surface area contributed by atoms with E-state index in [1.165, 1.54) is 34.0 Å². The Bertz CT molecular complexity index is 1070. The second-order valence-corrected chi connectivity index (χ2v) is 7.47. The summed E-state index contributed by atoms with van der Waals surface area (Å²) in [5.41, 5.74) is -0.103. The fraction of sp³-hybridized carbons (Fsp3) is 0.267. The Kier molecular flexibility index (Phi) is 4.68. The van der Waals surface area contributed by atoms with E-state index < -0.39 is 21.8 Å². The van der Waals surface area contributed by atoms with Crippen molar-refractivity contribution in [1.29, 1.82) is 0 Å². The van der Waals surface area contributed by atoms with Crippen molar-refractivity contribution in [1.82, 2.24) is 24.5 Å². The second kappa shape index (κ2) is 6.68. The highest BCUT2D eigenvalue weighted by Gasteiger charge is 2.30. The molecule has 144 valence electrons. The first-order valence-corrected chi connectivity index (χ1v) is 9.11. The maximum absolute atomic E-state index is 12.8. The Hall–Kier alpha value is -2.89. The van der Waals surface area contributed by atoms with Gasteiger partial charge < -0.3 is 0 Å². The van der Waals surface area contributed by atoms with Crippen molar-refractivity contribution in [3.63, 3.8) is 0 Å². The summed E-state index contributed by atoms with van der Waals surface area (Å²) in [5, 5.41) is 7.92. The summed E-state index contributed by atoms with van der Waals surface area (Å²) in [4.78, 5) is 3.83. The molecule has 8 nitrogen and oxygen atoms in total. The number of rotatable bonds is 5. The van der Waals surface area contributed by atoms with Crippen LogP contribution in [0.25, 0.3) is 0 Å². The molecule has 0 aliphatic rings. The zero-order valence-corrected chi connectivity index (χ0v) is 15.1. The van der Waals surface area contributed by atoms with Crippen molar-refractivity contribution >= 4 is 16.0 Å². The van der Waals surface area contributed by atoms with Gasteiger partial charge in [-0.2, -0.15) is 23.3 Å². The van der Waals surface area contributed by atoms with E-state index in [0.717, 1.165) is 12.1 Å². The molecule has 3 rings (SSSR count). The average molecular weight is 400 g/mol. The molecule has 2 aromatic heterocycles. The van der Waals surface area contributed by atoms with E-state index in [0.29, 0.717) is 11.3 Å². The summed E-state index contributed by atoms with van der Waals surface area (Å²) in [6.07, 6.45) is -1.87. The first-order chi connectivity index (χ1) is 12.5. The molecule has 12 heteroatoms. The molecule has 0 spiro atoms. The van der Waals surface area contributed by atoms with Crippen LogP contribution >= 0.6 is 0 Å². The van der Waals surface area contributed by atoms with Crippen molar-refractivity contribution in [3.8, 4) is 0 Å². The van der Waals surface area contributed by atoms with E-state index in [4.69, 9.17) is 0 Å². The number of aryl methyl sites for hydroxylation is 2. The zero-order valence-electron chi connectivity index (χ0n) is 14.3. The normalized spacial score (nSPS) is 12.3. The number of hydrogen-bond acceptors (Lipinski definition) is 5. The van der Waals surface area contributed by atoms with Crippen molar-refractivity contribution < 1.29 is 21.6 Å². The summed E-state index contributed by atoms with van der Waals surface area (Å²) in [5.74, 6) is -0.190. The van der Waals surface area contributed by atoms with Crippen LogP contribution in [0.3, 0.4) is 0 Å². The maximum Gasteiger partial charge on any atom is 0.416 e. The molecule has 0 saturated carbocycles. The van der Waals surface area contributed by atoms with Gasteiger partial charge >= 0.3 is 6.18 Å². The molecule has 3 aromatic rings. The van der Waals surface area contributed by atoms with Crippen molar-refractivity contribution in [2.45, 2.75) is 24.5 Å². The lowest BCUT2D eigenvalue weighted by atomic mass is 10.1. The predicted octanol–water partition coefficient (Wildman–Crippen LogP) is 2.19. The topological polar surface area (TPSA) is 94.7 Å². The minimum atomic E-state index is -4.44. The van der Waals surface area contributed by atoms with E-state index >= 15 is 0 Å². The molecular weight excluding hydrogens is 385 g/mol. The number of alkyl halides is 3. The van der Waals surface area contributed by atoms with Crippen LogP contribution in [0, 0.1) is 6.92 Å². The number of hydrogen-bond donors (Lipinski definition) is 1. The van der Waals surface area contributed by atoms with Crippen LogP contribution in [-0.4, -0.2) is 33.0 Å². The molecule has 0 aliphatic heterocycles. The second-order valence-electron chi connectivity index (χ2n) is 5.82. The fourth-order valence-electron chi connectivity index (χ4n) is 2.47. The number of nitrogens with one attached hydrogen (secondary N) is 1. The highest BCUT2D eigenvalue weighted by molar-refractivity contribution is 7.92. The van der Waals surface area contributed by atoms with Gasteiger partial charge in [0.2, 0.25) is 0 Å². The average Bonchev–Trinajstić information content (AvgIpc) is 3.12.